The largest absolute Gasteiger partial charge is 0.497 e. The molecule has 2 aromatic carbocycles. The third-order valence-electron chi connectivity index (χ3n) is 4.87. The predicted molar refractivity (Wildman–Crippen MR) is 108 cm³/mol. The van der Waals surface area contributed by atoms with Gasteiger partial charge in [0.2, 0.25) is 0 Å². The fourth-order valence-corrected chi connectivity index (χ4v) is 3.05. The molecule has 0 saturated carbocycles. The van der Waals surface area contributed by atoms with Crippen molar-refractivity contribution in [2.45, 2.75) is 19.9 Å². The minimum absolute atomic E-state index is 0.169. The van der Waals surface area contributed by atoms with E-state index in [0.29, 0.717) is 22.9 Å². The van der Waals surface area contributed by atoms with Crippen molar-refractivity contribution in [3.63, 3.8) is 0 Å². The van der Waals surface area contributed by atoms with Gasteiger partial charge in [-0.15, -0.1) is 0 Å². The van der Waals surface area contributed by atoms with Crippen LogP contribution < -0.4 is 14.8 Å². The zero-order valence-electron chi connectivity index (χ0n) is 16.8. The quantitative estimate of drug-likeness (QED) is 0.711. The molecule has 1 N–H and O–H groups in total. The van der Waals surface area contributed by atoms with Crippen LogP contribution in [-0.4, -0.2) is 29.7 Å². The molecule has 6 heteroatoms. The first-order chi connectivity index (χ1) is 13.4. The zero-order valence-corrected chi connectivity index (χ0v) is 16.8. The van der Waals surface area contributed by atoms with Crippen LogP contribution in [0.2, 0.25) is 0 Å². The van der Waals surface area contributed by atoms with Crippen molar-refractivity contribution in [1.82, 2.24) is 14.9 Å². The van der Waals surface area contributed by atoms with E-state index in [0.717, 1.165) is 16.7 Å². The van der Waals surface area contributed by atoms with Gasteiger partial charge in [-0.3, -0.25) is 4.79 Å². The third-order valence-corrected chi connectivity index (χ3v) is 4.87. The Hall–Kier alpha value is -3.28. The van der Waals surface area contributed by atoms with Gasteiger partial charge in [-0.05, 0) is 54.8 Å². The van der Waals surface area contributed by atoms with Gasteiger partial charge in [0.25, 0.3) is 5.91 Å². The highest BCUT2D eigenvalue weighted by Crippen LogP contribution is 2.29. The van der Waals surface area contributed by atoms with E-state index in [4.69, 9.17) is 9.47 Å². The monoisotopic (exact) mass is 379 g/mol. The average molecular weight is 379 g/mol. The maximum Gasteiger partial charge on any atom is 0.252 e. The number of amides is 1. The summed E-state index contributed by atoms with van der Waals surface area (Å²) in [6.07, 6.45) is 3.56. The Labute approximate surface area is 165 Å². The maximum absolute atomic E-state index is 13.0. The van der Waals surface area contributed by atoms with Gasteiger partial charge in [0.1, 0.15) is 23.4 Å². The first-order valence-corrected chi connectivity index (χ1v) is 9.01. The average Bonchev–Trinajstić information content (AvgIpc) is 3.13. The molecule has 0 aliphatic rings. The lowest BCUT2D eigenvalue weighted by molar-refractivity contribution is 0.0941. The van der Waals surface area contributed by atoms with E-state index < -0.39 is 6.04 Å². The van der Waals surface area contributed by atoms with Gasteiger partial charge in [0, 0.05) is 31.1 Å². The van der Waals surface area contributed by atoms with Gasteiger partial charge < -0.3 is 19.4 Å². The summed E-state index contributed by atoms with van der Waals surface area (Å²) in [5, 5.41) is 3.11. The number of hydrogen-bond donors (Lipinski definition) is 1. The summed E-state index contributed by atoms with van der Waals surface area (Å²) in [5.41, 5.74) is 3.65. The number of aryl methyl sites for hydroxylation is 3. The van der Waals surface area contributed by atoms with Crippen molar-refractivity contribution < 1.29 is 14.3 Å². The first-order valence-electron chi connectivity index (χ1n) is 9.01. The molecule has 3 aromatic rings. The Kier molecular flexibility index (Phi) is 5.68. The molecule has 146 valence electrons. The number of ether oxygens (including phenoxy) is 2. The number of rotatable bonds is 6. The van der Waals surface area contributed by atoms with Crippen molar-refractivity contribution in [3.05, 3.63) is 76.9 Å². The molecule has 1 heterocycles. The van der Waals surface area contributed by atoms with Gasteiger partial charge in [-0.2, -0.15) is 0 Å². The standard InChI is InChI=1S/C22H25N3O3/c1-14-6-7-16(10-15(14)2)22(26)24-20(21-23-8-9-25(21)3)17-11-18(27-4)13-19(12-17)28-5/h6-13,20H,1-5H3,(H,24,26). The maximum atomic E-state index is 13.0. The molecule has 0 bridgehead atoms. The van der Waals surface area contributed by atoms with E-state index in [-0.39, 0.29) is 5.91 Å². The number of carbonyl (C=O) groups excluding carboxylic acids is 1. The lowest BCUT2D eigenvalue weighted by Gasteiger charge is -2.21. The summed E-state index contributed by atoms with van der Waals surface area (Å²) in [6.45, 7) is 4.02. The number of nitrogens with zero attached hydrogens (tertiary/aromatic N) is 2. The van der Waals surface area contributed by atoms with Gasteiger partial charge in [-0.1, -0.05) is 6.07 Å². The molecular weight excluding hydrogens is 354 g/mol. The summed E-state index contributed by atoms with van der Waals surface area (Å²) in [4.78, 5) is 17.4. The molecule has 0 spiro atoms. The van der Waals surface area contributed by atoms with Crippen molar-refractivity contribution in [1.29, 1.82) is 0 Å². The van der Waals surface area contributed by atoms with E-state index in [1.165, 1.54) is 0 Å². The fourth-order valence-electron chi connectivity index (χ4n) is 3.05. The fraction of sp³-hybridized carbons (Fsp3) is 0.273. The minimum atomic E-state index is -0.460. The Morgan fingerprint density at radius 3 is 2.25 bits per heavy atom. The Balaban J connectivity index is 2.02. The minimum Gasteiger partial charge on any atom is -0.497 e. The number of carbonyl (C=O) groups is 1. The third kappa shape index (κ3) is 4.01. The van der Waals surface area contributed by atoms with Gasteiger partial charge in [0.15, 0.2) is 0 Å². The lowest BCUT2D eigenvalue weighted by atomic mass is 10.0. The van der Waals surface area contributed by atoms with E-state index in [1.54, 1.807) is 26.5 Å². The van der Waals surface area contributed by atoms with Crippen molar-refractivity contribution in [2.75, 3.05) is 14.2 Å². The van der Waals surface area contributed by atoms with E-state index in [9.17, 15) is 4.79 Å². The number of methoxy groups -OCH3 is 2. The summed E-state index contributed by atoms with van der Waals surface area (Å²) in [7, 11) is 5.10. The van der Waals surface area contributed by atoms with E-state index >= 15 is 0 Å². The van der Waals surface area contributed by atoms with Crippen LogP contribution in [0.5, 0.6) is 11.5 Å². The molecule has 0 aliphatic heterocycles. The number of benzene rings is 2. The molecule has 6 nitrogen and oxygen atoms in total. The molecule has 0 fully saturated rings. The van der Waals surface area contributed by atoms with Crippen molar-refractivity contribution >= 4 is 5.91 Å². The van der Waals surface area contributed by atoms with Gasteiger partial charge in [0.05, 0.1) is 14.2 Å². The van der Waals surface area contributed by atoms with Crippen molar-refractivity contribution in [2.24, 2.45) is 7.05 Å². The summed E-state index contributed by atoms with van der Waals surface area (Å²) in [5.74, 6) is 1.84. The molecule has 3 rings (SSSR count). The Morgan fingerprint density at radius 1 is 1.04 bits per heavy atom. The molecule has 0 radical (unpaired) electrons. The van der Waals surface area contributed by atoms with Gasteiger partial charge in [-0.25, -0.2) is 4.98 Å². The van der Waals surface area contributed by atoms with E-state index in [1.807, 2.05) is 62.0 Å². The molecule has 1 unspecified atom stereocenters. The summed E-state index contributed by atoms with van der Waals surface area (Å²) >= 11 is 0. The second-order valence-electron chi connectivity index (χ2n) is 6.75. The molecule has 0 saturated heterocycles. The smallest absolute Gasteiger partial charge is 0.252 e. The molecule has 1 amide bonds. The number of imidazole rings is 1. The van der Waals surface area contributed by atoms with Crippen LogP contribution >= 0.6 is 0 Å². The topological polar surface area (TPSA) is 65.4 Å². The molecule has 1 atom stereocenters. The highest BCUT2D eigenvalue weighted by molar-refractivity contribution is 5.95. The second-order valence-corrected chi connectivity index (χ2v) is 6.75. The molecule has 0 aliphatic carbocycles. The highest BCUT2D eigenvalue weighted by Gasteiger charge is 2.23. The Bertz CT molecular complexity index is 972. The van der Waals surface area contributed by atoms with Crippen LogP contribution in [0.1, 0.15) is 38.9 Å². The highest BCUT2D eigenvalue weighted by atomic mass is 16.5. The van der Waals surface area contributed by atoms with Gasteiger partial charge >= 0.3 is 0 Å². The summed E-state index contributed by atoms with van der Waals surface area (Å²) in [6, 6.07) is 10.8. The number of aromatic nitrogens is 2. The van der Waals surface area contributed by atoms with Crippen molar-refractivity contribution in [3.8, 4) is 11.5 Å². The van der Waals surface area contributed by atoms with Crippen LogP contribution in [0.25, 0.3) is 0 Å². The van der Waals surface area contributed by atoms with Crippen LogP contribution in [0.3, 0.4) is 0 Å². The number of hydrogen-bond acceptors (Lipinski definition) is 4. The molecular formula is C22H25N3O3. The number of nitrogens with one attached hydrogen (secondary N) is 1. The second kappa shape index (κ2) is 8.17. The Morgan fingerprint density at radius 2 is 1.71 bits per heavy atom. The predicted octanol–water partition coefficient (Wildman–Crippen LogP) is 3.57. The molecule has 1 aromatic heterocycles. The summed E-state index contributed by atoms with van der Waals surface area (Å²) < 4.78 is 12.7. The van der Waals surface area contributed by atoms with Crippen LogP contribution in [0.15, 0.2) is 48.8 Å². The first kappa shape index (κ1) is 19.5. The van der Waals surface area contributed by atoms with E-state index in [2.05, 4.69) is 10.3 Å². The van der Waals surface area contributed by atoms with Crippen LogP contribution in [0, 0.1) is 13.8 Å². The molecule has 28 heavy (non-hydrogen) atoms. The SMILES string of the molecule is COc1cc(OC)cc(C(NC(=O)c2ccc(C)c(C)c2)c2nccn2C)c1. The van der Waals surface area contributed by atoms with Crippen LogP contribution in [-0.2, 0) is 7.05 Å². The normalized spacial score (nSPS) is 11.8. The zero-order chi connectivity index (χ0) is 20.3. The van der Waals surface area contributed by atoms with Crippen LogP contribution in [0.4, 0.5) is 0 Å². The lowest BCUT2D eigenvalue weighted by Crippen LogP contribution is -2.31.